The fourth-order valence-electron chi connectivity index (χ4n) is 1.20. The lowest BCUT2D eigenvalue weighted by molar-refractivity contribution is 0.0698. The zero-order chi connectivity index (χ0) is 9.42. The first-order valence-corrected chi connectivity index (χ1v) is 3.96. The second kappa shape index (κ2) is 2.78. The van der Waals surface area contributed by atoms with E-state index in [9.17, 15) is 4.79 Å². The summed E-state index contributed by atoms with van der Waals surface area (Å²) in [5.74, 6) is -1.04. The molecule has 0 atom stereocenters. The van der Waals surface area contributed by atoms with E-state index in [4.69, 9.17) is 21.1 Å². The van der Waals surface area contributed by atoms with E-state index in [2.05, 4.69) is 0 Å². The van der Waals surface area contributed by atoms with Gasteiger partial charge in [0.15, 0.2) is 0 Å². The quantitative estimate of drug-likeness (QED) is 0.763. The van der Waals surface area contributed by atoms with Crippen LogP contribution in [0.25, 0.3) is 11.0 Å². The van der Waals surface area contributed by atoms with E-state index < -0.39 is 5.97 Å². The van der Waals surface area contributed by atoms with E-state index in [0.29, 0.717) is 16.0 Å². The molecule has 0 saturated heterocycles. The van der Waals surface area contributed by atoms with Gasteiger partial charge in [0.2, 0.25) is 0 Å². The van der Waals surface area contributed by atoms with Crippen LogP contribution >= 0.6 is 11.6 Å². The molecule has 4 heteroatoms. The van der Waals surface area contributed by atoms with Crippen LogP contribution in [0.3, 0.4) is 0 Å². The number of rotatable bonds is 1. The minimum absolute atomic E-state index is 0.0903. The van der Waals surface area contributed by atoms with Crippen LogP contribution in [0, 0.1) is 0 Å². The topological polar surface area (TPSA) is 50.4 Å². The summed E-state index contributed by atoms with van der Waals surface area (Å²) in [5, 5.41) is 9.90. The van der Waals surface area contributed by atoms with E-state index in [1.54, 1.807) is 12.1 Å². The van der Waals surface area contributed by atoms with Crippen molar-refractivity contribution in [3.8, 4) is 0 Å². The first-order valence-electron chi connectivity index (χ1n) is 3.58. The molecule has 1 aromatic heterocycles. The molecule has 0 bridgehead atoms. The van der Waals surface area contributed by atoms with E-state index in [0.717, 1.165) is 0 Å². The smallest absolute Gasteiger partial charge is 0.339 e. The molecule has 0 saturated carbocycles. The lowest BCUT2D eigenvalue weighted by atomic mass is 10.1. The second-order valence-electron chi connectivity index (χ2n) is 2.60. The zero-order valence-corrected chi connectivity index (χ0v) is 7.21. The number of carboxylic acids is 1. The van der Waals surface area contributed by atoms with Gasteiger partial charge in [-0.05, 0) is 18.2 Å². The number of hydrogen-bond acceptors (Lipinski definition) is 2. The molecule has 1 N–H and O–H groups in total. The van der Waals surface area contributed by atoms with Crippen molar-refractivity contribution < 1.29 is 14.3 Å². The second-order valence-corrected chi connectivity index (χ2v) is 3.03. The highest BCUT2D eigenvalue weighted by molar-refractivity contribution is 6.32. The van der Waals surface area contributed by atoms with Gasteiger partial charge < -0.3 is 9.52 Å². The number of aromatic carboxylic acids is 1. The van der Waals surface area contributed by atoms with Crippen LogP contribution < -0.4 is 0 Å². The van der Waals surface area contributed by atoms with Gasteiger partial charge >= 0.3 is 5.97 Å². The lowest BCUT2D eigenvalue weighted by Crippen LogP contribution is -1.96. The SMILES string of the molecule is O=C(O)c1cc(Cl)cc2ccoc12. The van der Waals surface area contributed by atoms with Crippen molar-refractivity contribution in [2.75, 3.05) is 0 Å². The van der Waals surface area contributed by atoms with Gasteiger partial charge in [-0.15, -0.1) is 0 Å². The van der Waals surface area contributed by atoms with Gasteiger partial charge in [-0.2, -0.15) is 0 Å². The predicted molar refractivity (Wildman–Crippen MR) is 48.2 cm³/mol. The highest BCUT2D eigenvalue weighted by Crippen LogP contribution is 2.24. The molecule has 1 heterocycles. The van der Waals surface area contributed by atoms with Crippen molar-refractivity contribution in [3.63, 3.8) is 0 Å². The molecule has 3 nitrogen and oxygen atoms in total. The molecule has 0 aliphatic rings. The normalized spacial score (nSPS) is 10.5. The Morgan fingerprint density at radius 1 is 1.46 bits per heavy atom. The molecule has 66 valence electrons. The third-order valence-electron chi connectivity index (χ3n) is 1.75. The molecule has 0 aliphatic carbocycles. The monoisotopic (exact) mass is 196 g/mol. The van der Waals surface area contributed by atoms with Crippen molar-refractivity contribution in [3.05, 3.63) is 35.0 Å². The molecule has 1 aromatic carbocycles. The molecule has 0 spiro atoms. The van der Waals surface area contributed by atoms with Crippen LogP contribution in [0.2, 0.25) is 5.02 Å². The Morgan fingerprint density at radius 3 is 2.92 bits per heavy atom. The first kappa shape index (κ1) is 8.13. The average Bonchev–Trinajstić information content (AvgIpc) is 2.49. The van der Waals surface area contributed by atoms with E-state index in [-0.39, 0.29) is 5.56 Å². The minimum Gasteiger partial charge on any atom is -0.478 e. The third kappa shape index (κ3) is 1.27. The summed E-state index contributed by atoms with van der Waals surface area (Å²) in [6, 6.07) is 4.70. The summed E-state index contributed by atoms with van der Waals surface area (Å²) in [7, 11) is 0. The summed E-state index contributed by atoms with van der Waals surface area (Å²) in [6.07, 6.45) is 1.44. The van der Waals surface area contributed by atoms with E-state index >= 15 is 0 Å². The first-order chi connectivity index (χ1) is 6.18. The molecular formula is C9H5ClO3. The Hall–Kier alpha value is -1.48. The highest BCUT2D eigenvalue weighted by atomic mass is 35.5. The van der Waals surface area contributed by atoms with Crippen LogP contribution in [0.4, 0.5) is 0 Å². The molecular weight excluding hydrogens is 192 g/mol. The van der Waals surface area contributed by atoms with E-state index in [1.807, 2.05) is 0 Å². The number of carbonyl (C=O) groups is 1. The molecule has 2 rings (SSSR count). The zero-order valence-electron chi connectivity index (χ0n) is 6.45. The van der Waals surface area contributed by atoms with Crippen molar-refractivity contribution in [1.82, 2.24) is 0 Å². The number of halogens is 1. The molecule has 0 unspecified atom stereocenters. The van der Waals surface area contributed by atoms with Crippen LogP contribution in [0.1, 0.15) is 10.4 Å². The van der Waals surface area contributed by atoms with E-state index in [1.165, 1.54) is 12.3 Å². The molecule has 0 fully saturated rings. The van der Waals surface area contributed by atoms with Gasteiger partial charge in [-0.25, -0.2) is 4.79 Å². The number of carboxylic acid groups (broad SMARTS) is 1. The Balaban J connectivity index is 2.84. The Bertz CT molecular complexity index is 473. The fourth-order valence-corrected chi connectivity index (χ4v) is 1.43. The van der Waals surface area contributed by atoms with Gasteiger partial charge in [0.25, 0.3) is 0 Å². The van der Waals surface area contributed by atoms with Gasteiger partial charge in [0.1, 0.15) is 11.1 Å². The molecule has 2 aromatic rings. The minimum atomic E-state index is -1.04. The van der Waals surface area contributed by atoms with Gasteiger partial charge in [0.05, 0.1) is 6.26 Å². The molecule has 0 radical (unpaired) electrons. The summed E-state index contributed by atoms with van der Waals surface area (Å²) >= 11 is 5.72. The summed E-state index contributed by atoms with van der Waals surface area (Å²) in [4.78, 5) is 10.7. The van der Waals surface area contributed by atoms with Crippen molar-refractivity contribution in [2.45, 2.75) is 0 Å². The van der Waals surface area contributed by atoms with Crippen molar-refractivity contribution >= 4 is 28.5 Å². The Morgan fingerprint density at radius 2 is 2.23 bits per heavy atom. The molecule has 0 amide bonds. The summed E-state index contributed by atoms with van der Waals surface area (Å²) < 4.78 is 5.03. The third-order valence-corrected chi connectivity index (χ3v) is 1.96. The van der Waals surface area contributed by atoms with Gasteiger partial charge in [-0.3, -0.25) is 0 Å². The summed E-state index contributed by atoms with van der Waals surface area (Å²) in [5.41, 5.74) is 0.449. The highest BCUT2D eigenvalue weighted by Gasteiger charge is 2.12. The maximum absolute atomic E-state index is 10.7. The van der Waals surface area contributed by atoms with Crippen LogP contribution in [0.15, 0.2) is 28.9 Å². The summed E-state index contributed by atoms with van der Waals surface area (Å²) in [6.45, 7) is 0. The van der Waals surface area contributed by atoms with Crippen LogP contribution in [0.5, 0.6) is 0 Å². The lowest BCUT2D eigenvalue weighted by Gasteiger charge is -1.96. The number of hydrogen-bond donors (Lipinski definition) is 1. The fraction of sp³-hybridized carbons (Fsp3) is 0. The van der Waals surface area contributed by atoms with Crippen molar-refractivity contribution in [2.24, 2.45) is 0 Å². The molecule has 13 heavy (non-hydrogen) atoms. The Labute approximate surface area is 78.5 Å². The average molecular weight is 197 g/mol. The number of furan rings is 1. The van der Waals surface area contributed by atoms with Crippen LogP contribution in [-0.2, 0) is 0 Å². The van der Waals surface area contributed by atoms with Crippen LogP contribution in [-0.4, -0.2) is 11.1 Å². The van der Waals surface area contributed by atoms with Crippen molar-refractivity contribution in [1.29, 1.82) is 0 Å². The van der Waals surface area contributed by atoms with Gasteiger partial charge in [0, 0.05) is 10.4 Å². The molecule has 0 aliphatic heterocycles. The predicted octanol–water partition coefficient (Wildman–Crippen LogP) is 2.78. The number of benzene rings is 1. The van der Waals surface area contributed by atoms with Gasteiger partial charge in [-0.1, -0.05) is 11.6 Å². The largest absolute Gasteiger partial charge is 0.478 e. The maximum Gasteiger partial charge on any atom is 0.339 e. The number of fused-ring (bicyclic) bond motifs is 1. The standard InChI is InChI=1S/C9H5ClO3/c10-6-3-5-1-2-13-8(5)7(4-6)9(11)12/h1-4H,(H,11,12). The Kier molecular flexibility index (Phi) is 1.74. The maximum atomic E-state index is 10.7.